The zero-order chi connectivity index (χ0) is 21.1. The molecule has 1 N–H and O–H groups in total. The number of aryl methyl sites for hydroxylation is 2. The summed E-state index contributed by atoms with van der Waals surface area (Å²) in [6.07, 6.45) is -4.53. The number of nitrogens with one attached hydrogen (secondary N) is 1. The van der Waals surface area contributed by atoms with E-state index in [4.69, 9.17) is 9.05 Å². The molecule has 0 fully saturated rings. The Bertz CT molecular complexity index is 1000. The number of anilines is 1. The summed E-state index contributed by atoms with van der Waals surface area (Å²) in [6, 6.07) is 18.1. The fourth-order valence-electron chi connectivity index (χ4n) is 2.56. The Balaban J connectivity index is 1.98. The molecular formula is C21H19F3NO3P. The average molecular weight is 421 g/mol. The van der Waals surface area contributed by atoms with Crippen LogP contribution in [-0.2, 0) is 10.7 Å². The predicted molar refractivity (Wildman–Crippen MR) is 106 cm³/mol. The van der Waals surface area contributed by atoms with Gasteiger partial charge in [0, 0.05) is 5.69 Å². The van der Waals surface area contributed by atoms with Crippen LogP contribution in [0, 0.1) is 13.8 Å². The third-order valence-corrected chi connectivity index (χ3v) is 5.49. The number of hydrogen-bond donors (Lipinski definition) is 1. The Morgan fingerprint density at radius 1 is 0.793 bits per heavy atom. The van der Waals surface area contributed by atoms with Gasteiger partial charge in [0.05, 0.1) is 5.56 Å². The van der Waals surface area contributed by atoms with Gasteiger partial charge in [-0.15, -0.1) is 0 Å². The normalized spacial score (nSPS) is 11.8. The molecule has 0 aliphatic carbocycles. The largest absolute Gasteiger partial charge is 0.541 e. The van der Waals surface area contributed by atoms with Gasteiger partial charge in [0.15, 0.2) is 0 Å². The predicted octanol–water partition coefficient (Wildman–Crippen LogP) is 7.00. The molecular weight excluding hydrogens is 402 g/mol. The van der Waals surface area contributed by atoms with Gasteiger partial charge in [-0.25, -0.2) is 4.57 Å². The van der Waals surface area contributed by atoms with Gasteiger partial charge < -0.3 is 9.05 Å². The number of halogens is 3. The van der Waals surface area contributed by atoms with Crippen molar-refractivity contribution in [1.29, 1.82) is 0 Å². The van der Waals surface area contributed by atoms with Crippen molar-refractivity contribution in [3.8, 4) is 11.5 Å². The molecule has 0 amide bonds. The van der Waals surface area contributed by atoms with Gasteiger partial charge in [0.25, 0.3) is 0 Å². The zero-order valence-electron chi connectivity index (χ0n) is 15.7. The molecule has 0 spiro atoms. The maximum atomic E-state index is 13.6. The minimum atomic E-state index is -4.53. The quantitative estimate of drug-likeness (QED) is 0.436. The molecule has 0 saturated heterocycles. The third-order valence-electron chi connectivity index (χ3n) is 4.08. The van der Waals surface area contributed by atoms with E-state index < -0.39 is 19.5 Å². The molecule has 3 aromatic carbocycles. The summed E-state index contributed by atoms with van der Waals surface area (Å²) in [5.74, 6) is 0.591. The van der Waals surface area contributed by atoms with Crippen molar-refractivity contribution >= 4 is 13.4 Å². The molecule has 3 rings (SSSR count). The Hall–Kier alpha value is -2.92. The average Bonchev–Trinajstić information content (AvgIpc) is 2.65. The lowest BCUT2D eigenvalue weighted by Crippen LogP contribution is -2.12. The van der Waals surface area contributed by atoms with E-state index in [0.717, 1.165) is 12.1 Å². The van der Waals surface area contributed by atoms with Gasteiger partial charge in [0.2, 0.25) is 0 Å². The Kier molecular flexibility index (Phi) is 5.89. The van der Waals surface area contributed by atoms with Crippen molar-refractivity contribution in [2.45, 2.75) is 20.0 Å². The minimum absolute atomic E-state index is 0.0367. The molecule has 0 aliphatic heterocycles. The lowest BCUT2D eigenvalue weighted by Gasteiger charge is -2.23. The van der Waals surface area contributed by atoms with Crippen LogP contribution in [0.1, 0.15) is 16.7 Å². The van der Waals surface area contributed by atoms with Gasteiger partial charge in [-0.3, -0.25) is 5.09 Å². The number of benzene rings is 3. The SMILES string of the molecule is Cc1ccccc1OP(=O)(Nc1cccc(C(F)(F)F)c1)Oc1ccccc1C. The second kappa shape index (κ2) is 8.21. The van der Waals surface area contributed by atoms with Crippen molar-refractivity contribution in [1.82, 2.24) is 0 Å². The highest BCUT2D eigenvalue weighted by Gasteiger charge is 2.33. The smallest absolute Gasteiger partial charge is 0.400 e. The molecule has 0 saturated carbocycles. The topological polar surface area (TPSA) is 47.6 Å². The lowest BCUT2D eigenvalue weighted by atomic mass is 10.2. The number of hydrogen-bond acceptors (Lipinski definition) is 3. The fraction of sp³-hybridized carbons (Fsp3) is 0.143. The van der Waals surface area contributed by atoms with Crippen molar-refractivity contribution in [2.75, 3.05) is 5.09 Å². The molecule has 0 radical (unpaired) electrons. The van der Waals surface area contributed by atoms with Crippen LogP contribution in [0.25, 0.3) is 0 Å². The molecule has 0 aliphatic rings. The lowest BCUT2D eigenvalue weighted by molar-refractivity contribution is -0.137. The van der Waals surface area contributed by atoms with E-state index in [0.29, 0.717) is 22.6 Å². The summed E-state index contributed by atoms with van der Waals surface area (Å²) in [6.45, 7) is 3.52. The summed E-state index contributed by atoms with van der Waals surface area (Å²) in [4.78, 5) is 0. The molecule has 29 heavy (non-hydrogen) atoms. The Morgan fingerprint density at radius 2 is 1.31 bits per heavy atom. The highest BCUT2D eigenvalue weighted by atomic mass is 31.2. The van der Waals surface area contributed by atoms with Gasteiger partial charge in [0.1, 0.15) is 11.5 Å². The first-order valence-electron chi connectivity index (χ1n) is 8.72. The summed E-state index contributed by atoms with van der Waals surface area (Å²) in [5, 5.41) is 2.53. The van der Waals surface area contributed by atoms with Gasteiger partial charge in [-0.05, 0) is 55.3 Å². The molecule has 4 nitrogen and oxygen atoms in total. The van der Waals surface area contributed by atoms with E-state index >= 15 is 0 Å². The van der Waals surface area contributed by atoms with Gasteiger partial charge >= 0.3 is 13.9 Å². The summed E-state index contributed by atoms with van der Waals surface area (Å²) < 4.78 is 64.0. The minimum Gasteiger partial charge on any atom is -0.400 e. The van der Waals surface area contributed by atoms with Crippen molar-refractivity contribution in [3.05, 3.63) is 89.5 Å². The Labute approximate surface area is 166 Å². The van der Waals surface area contributed by atoms with Crippen LogP contribution in [-0.4, -0.2) is 0 Å². The fourth-order valence-corrected chi connectivity index (χ4v) is 4.08. The molecule has 8 heteroatoms. The summed E-state index contributed by atoms with van der Waals surface area (Å²) >= 11 is 0. The van der Waals surface area contributed by atoms with Crippen LogP contribution in [0.2, 0.25) is 0 Å². The second-order valence-electron chi connectivity index (χ2n) is 6.40. The monoisotopic (exact) mass is 421 g/mol. The highest BCUT2D eigenvalue weighted by Crippen LogP contribution is 2.50. The molecule has 3 aromatic rings. The standard InChI is InChI=1S/C21H19F3NO3P/c1-15-8-3-5-12-19(15)27-29(26,28-20-13-6-4-9-16(20)2)25-18-11-7-10-17(14-18)21(22,23)24/h3-14H,1-2H3,(H,25,26). The molecule has 0 unspecified atom stereocenters. The highest BCUT2D eigenvalue weighted by molar-refractivity contribution is 7.56. The van der Waals surface area contributed by atoms with Crippen LogP contribution in [0.3, 0.4) is 0 Å². The first kappa shape index (κ1) is 20.8. The summed E-state index contributed by atoms with van der Waals surface area (Å²) in [7, 11) is -4.13. The third kappa shape index (κ3) is 5.33. The van der Waals surface area contributed by atoms with Crippen LogP contribution in [0.4, 0.5) is 18.9 Å². The van der Waals surface area contributed by atoms with E-state index in [9.17, 15) is 17.7 Å². The van der Waals surface area contributed by atoms with E-state index in [1.165, 1.54) is 12.1 Å². The van der Waals surface area contributed by atoms with Crippen LogP contribution < -0.4 is 14.1 Å². The van der Waals surface area contributed by atoms with Gasteiger partial charge in [-0.1, -0.05) is 42.5 Å². The van der Waals surface area contributed by atoms with E-state index in [1.54, 1.807) is 62.4 Å². The van der Waals surface area contributed by atoms with E-state index in [-0.39, 0.29) is 5.69 Å². The number of alkyl halides is 3. The van der Waals surface area contributed by atoms with E-state index in [1.807, 2.05) is 0 Å². The van der Waals surface area contributed by atoms with Crippen molar-refractivity contribution in [3.63, 3.8) is 0 Å². The second-order valence-corrected chi connectivity index (χ2v) is 7.99. The zero-order valence-corrected chi connectivity index (χ0v) is 16.6. The summed E-state index contributed by atoms with van der Waals surface area (Å²) in [5.41, 5.74) is 0.491. The number of para-hydroxylation sites is 2. The van der Waals surface area contributed by atoms with Crippen molar-refractivity contribution < 1.29 is 26.8 Å². The van der Waals surface area contributed by atoms with Crippen LogP contribution >= 0.6 is 7.75 Å². The first-order chi connectivity index (χ1) is 13.7. The maximum Gasteiger partial charge on any atom is 0.541 e. The van der Waals surface area contributed by atoms with E-state index in [2.05, 4.69) is 5.09 Å². The molecule has 0 bridgehead atoms. The van der Waals surface area contributed by atoms with Crippen LogP contribution in [0.5, 0.6) is 11.5 Å². The van der Waals surface area contributed by atoms with Gasteiger partial charge in [-0.2, -0.15) is 13.2 Å². The molecule has 152 valence electrons. The number of rotatable bonds is 6. The molecule has 0 heterocycles. The molecule has 0 aromatic heterocycles. The van der Waals surface area contributed by atoms with Crippen molar-refractivity contribution in [2.24, 2.45) is 0 Å². The Morgan fingerprint density at radius 3 is 1.79 bits per heavy atom. The molecule has 0 atom stereocenters. The first-order valence-corrected chi connectivity index (χ1v) is 10.3. The maximum absolute atomic E-state index is 13.6. The van der Waals surface area contributed by atoms with Crippen LogP contribution in [0.15, 0.2) is 72.8 Å².